The summed E-state index contributed by atoms with van der Waals surface area (Å²) in [5, 5.41) is 8.06. The van der Waals surface area contributed by atoms with Crippen LogP contribution in [0.5, 0.6) is 0 Å². The van der Waals surface area contributed by atoms with Gasteiger partial charge in [0, 0.05) is 36.2 Å². The zero-order chi connectivity index (χ0) is 24.7. The van der Waals surface area contributed by atoms with Gasteiger partial charge in [-0.3, -0.25) is 39.2 Å². The SMILES string of the molecule is O=C1CCC(N2Cc3c(NC(=O)CCn4[nH]c(=O)c5ccccc5c4=O)cccc3C2=O)C(=O)N1. The zero-order valence-corrected chi connectivity index (χ0v) is 18.5. The second kappa shape index (κ2) is 8.67. The second-order valence-electron chi connectivity index (χ2n) is 8.47. The third-order valence-corrected chi connectivity index (χ3v) is 6.30. The van der Waals surface area contributed by atoms with Crippen LogP contribution in [0, 0.1) is 0 Å². The highest BCUT2D eigenvalue weighted by atomic mass is 16.2. The molecular formula is C24H21N5O6. The lowest BCUT2D eigenvalue weighted by atomic mass is 10.0. The Morgan fingerprint density at radius 1 is 1.00 bits per heavy atom. The Morgan fingerprint density at radius 3 is 2.54 bits per heavy atom. The van der Waals surface area contributed by atoms with Crippen molar-refractivity contribution in [2.75, 3.05) is 5.32 Å². The first-order valence-electron chi connectivity index (χ1n) is 11.1. The Morgan fingerprint density at radius 2 is 1.77 bits per heavy atom. The molecule has 1 unspecified atom stereocenters. The van der Waals surface area contributed by atoms with Crippen molar-refractivity contribution in [2.45, 2.75) is 38.4 Å². The molecule has 4 amide bonds. The van der Waals surface area contributed by atoms with Gasteiger partial charge in [-0.1, -0.05) is 18.2 Å². The van der Waals surface area contributed by atoms with E-state index in [4.69, 9.17) is 0 Å². The number of imide groups is 1. The van der Waals surface area contributed by atoms with Gasteiger partial charge in [-0.15, -0.1) is 0 Å². The van der Waals surface area contributed by atoms with Crippen molar-refractivity contribution < 1.29 is 19.2 Å². The van der Waals surface area contributed by atoms with Crippen LogP contribution in [-0.4, -0.2) is 44.4 Å². The first-order chi connectivity index (χ1) is 16.8. The largest absolute Gasteiger partial charge is 0.326 e. The fraction of sp³-hybridized carbons (Fsp3) is 0.250. The van der Waals surface area contributed by atoms with Crippen LogP contribution in [0.1, 0.15) is 35.2 Å². The van der Waals surface area contributed by atoms with Gasteiger partial charge < -0.3 is 10.2 Å². The van der Waals surface area contributed by atoms with E-state index in [1.807, 2.05) is 0 Å². The van der Waals surface area contributed by atoms with Crippen molar-refractivity contribution in [1.29, 1.82) is 0 Å². The number of piperidine rings is 1. The lowest BCUT2D eigenvalue weighted by Crippen LogP contribution is -2.52. The first-order valence-corrected chi connectivity index (χ1v) is 11.1. The summed E-state index contributed by atoms with van der Waals surface area (Å²) >= 11 is 0. The van der Waals surface area contributed by atoms with E-state index in [1.54, 1.807) is 42.5 Å². The normalized spacial score (nSPS) is 17.4. The number of aromatic amines is 1. The number of benzene rings is 2. The van der Waals surface area contributed by atoms with Crippen molar-refractivity contribution in [3.05, 3.63) is 74.3 Å². The molecule has 3 N–H and O–H groups in total. The standard InChI is InChI=1S/C24H21N5O6/c30-19-9-8-18(22(33)26-19)28-12-16-15(23(28)34)6-3-7-17(16)25-20(31)10-11-29-24(35)14-5-2-1-4-13(14)21(32)27-29/h1-7,18H,8-12H2,(H,25,31)(H,27,32)(H,26,30,33). The Bertz CT molecular complexity index is 1520. The number of aryl methyl sites for hydroxylation is 1. The van der Waals surface area contributed by atoms with Crippen molar-refractivity contribution >= 4 is 40.1 Å². The predicted octanol–water partition coefficient (Wildman–Crippen LogP) is 0.480. The Labute approximate surface area is 197 Å². The fourth-order valence-electron chi connectivity index (χ4n) is 4.53. The number of rotatable bonds is 5. The average Bonchev–Trinajstić information content (AvgIpc) is 3.18. The van der Waals surface area contributed by atoms with Crippen molar-refractivity contribution in [2.24, 2.45) is 0 Å². The highest BCUT2D eigenvalue weighted by Crippen LogP contribution is 2.32. The number of fused-ring (bicyclic) bond motifs is 2. The molecule has 178 valence electrons. The number of H-pyrrole nitrogens is 1. The van der Waals surface area contributed by atoms with Gasteiger partial charge in [0.05, 0.1) is 17.3 Å². The minimum absolute atomic E-state index is 0.0406. The quantitative estimate of drug-likeness (QED) is 0.457. The van der Waals surface area contributed by atoms with Gasteiger partial charge in [-0.05, 0) is 30.7 Å². The van der Waals surface area contributed by atoms with Gasteiger partial charge >= 0.3 is 0 Å². The molecule has 0 bridgehead atoms. The molecule has 2 aliphatic heterocycles. The summed E-state index contributed by atoms with van der Waals surface area (Å²) in [4.78, 5) is 75.6. The Hall–Kier alpha value is -4.54. The summed E-state index contributed by atoms with van der Waals surface area (Å²) in [6, 6.07) is 10.6. The lowest BCUT2D eigenvalue weighted by Gasteiger charge is -2.29. The molecule has 1 atom stereocenters. The third-order valence-electron chi connectivity index (χ3n) is 6.30. The van der Waals surface area contributed by atoms with E-state index in [-0.39, 0.29) is 54.9 Å². The van der Waals surface area contributed by atoms with Crippen LogP contribution >= 0.6 is 0 Å². The van der Waals surface area contributed by atoms with E-state index < -0.39 is 29.0 Å². The predicted molar refractivity (Wildman–Crippen MR) is 125 cm³/mol. The van der Waals surface area contributed by atoms with Crippen LogP contribution in [0.2, 0.25) is 0 Å². The van der Waals surface area contributed by atoms with E-state index in [0.29, 0.717) is 16.8 Å². The number of carbonyl (C=O) groups excluding carboxylic acids is 4. The molecule has 0 radical (unpaired) electrons. The number of hydrogen-bond donors (Lipinski definition) is 3. The van der Waals surface area contributed by atoms with Crippen LogP contribution in [0.15, 0.2) is 52.1 Å². The lowest BCUT2D eigenvalue weighted by molar-refractivity contribution is -0.137. The third kappa shape index (κ3) is 4.01. The molecule has 3 aromatic rings. The Balaban J connectivity index is 1.31. The Kier molecular flexibility index (Phi) is 5.51. The molecule has 1 saturated heterocycles. The molecule has 1 fully saturated rings. The minimum Gasteiger partial charge on any atom is -0.326 e. The summed E-state index contributed by atoms with van der Waals surface area (Å²) in [5.74, 6) is -1.63. The molecule has 2 aromatic carbocycles. The fourth-order valence-corrected chi connectivity index (χ4v) is 4.53. The highest BCUT2D eigenvalue weighted by Gasteiger charge is 2.39. The molecule has 11 heteroatoms. The molecular weight excluding hydrogens is 454 g/mol. The molecule has 3 heterocycles. The maximum atomic E-state index is 12.9. The second-order valence-corrected chi connectivity index (χ2v) is 8.47. The van der Waals surface area contributed by atoms with Gasteiger partial charge in [-0.2, -0.15) is 0 Å². The highest BCUT2D eigenvalue weighted by molar-refractivity contribution is 6.06. The molecule has 35 heavy (non-hydrogen) atoms. The van der Waals surface area contributed by atoms with Gasteiger partial charge in [0.15, 0.2) is 0 Å². The maximum absolute atomic E-state index is 12.9. The van der Waals surface area contributed by atoms with Gasteiger partial charge in [-0.25, -0.2) is 4.68 Å². The number of nitrogens with zero attached hydrogens (tertiary/aromatic N) is 2. The van der Waals surface area contributed by atoms with Crippen LogP contribution in [0.25, 0.3) is 10.8 Å². The molecule has 2 aliphatic rings. The van der Waals surface area contributed by atoms with Gasteiger partial charge in [0.1, 0.15) is 6.04 Å². The van der Waals surface area contributed by atoms with Crippen LogP contribution in [0.4, 0.5) is 5.69 Å². The summed E-state index contributed by atoms with van der Waals surface area (Å²) in [5.41, 5.74) is 0.553. The summed E-state index contributed by atoms with van der Waals surface area (Å²) in [6.07, 6.45) is 0.295. The molecule has 0 spiro atoms. The molecule has 1 aromatic heterocycles. The van der Waals surface area contributed by atoms with Gasteiger partial charge in [0.25, 0.3) is 17.0 Å². The van der Waals surface area contributed by atoms with E-state index in [9.17, 15) is 28.8 Å². The molecule has 11 nitrogen and oxygen atoms in total. The van der Waals surface area contributed by atoms with Crippen molar-refractivity contribution in [3.63, 3.8) is 0 Å². The topological polar surface area (TPSA) is 150 Å². The monoisotopic (exact) mass is 475 g/mol. The van der Waals surface area contributed by atoms with E-state index >= 15 is 0 Å². The van der Waals surface area contributed by atoms with E-state index in [0.717, 1.165) is 4.68 Å². The van der Waals surface area contributed by atoms with Crippen LogP contribution in [0.3, 0.4) is 0 Å². The maximum Gasteiger partial charge on any atom is 0.273 e. The smallest absolute Gasteiger partial charge is 0.273 e. The van der Waals surface area contributed by atoms with Crippen LogP contribution < -0.4 is 21.8 Å². The number of anilines is 1. The number of nitrogens with one attached hydrogen (secondary N) is 3. The van der Waals surface area contributed by atoms with Crippen molar-refractivity contribution in [1.82, 2.24) is 20.0 Å². The summed E-state index contributed by atoms with van der Waals surface area (Å²) in [7, 11) is 0. The number of hydrogen-bond acceptors (Lipinski definition) is 6. The minimum atomic E-state index is -0.757. The number of amides is 4. The van der Waals surface area contributed by atoms with Crippen LogP contribution in [-0.2, 0) is 27.5 Å². The van der Waals surface area contributed by atoms with E-state index in [1.165, 1.54) is 4.90 Å². The number of carbonyl (C=O) groups is 4. The molecule has 0 aliphatic carbocycles. The van der Waals surface area contributed by atoms with Gasteiger partial charge in [0.2, 0.25) is 17.7 Å². The van der Waals surface area contributed by atoms with E-state index in [2.05, 4.69) is 15.7 Å². The zero-order valence-electron chi connectivity index (χ0n) is 18.5. The number of aromatic nitrogens is 2. The molecule has 5 rings (SSSR count). The average molecular weight is 475 g/mol. The first kappa shape index (κ1) is 22.3. The molecule has 0 saturated carbocycles. The van der Waals surface area contributed by atoms with Crippen molar-refractivity contribution in [3.8, 4) is 0 Å². The summed E-state index contributed by atoms with van der Waals surface area (Å²) < 4.78 is 1.11. The summed E-state index contributed by atoms with van der Waals surface area (Å²) in [6.45, 7) is 0.0788.